The van der Waals surface area contributed by atoms with Crippen molar-refractivity contribution in [1.29, 1.82) is 0 Å². The van der Waals surface area contributed by atoms with Gasteiger partial charge in [-0.05, 0) is 41.5 Å². The lowest BCUT2D eigenvalue weighted by Crippen LogP contribution is -2.00. The number of benzene rings is 6. The number of fused-ring (bicyclic) bond motifs is 4. The third kappa shape index (κ3) is 4.55. The van der Waals surface area contributed by atoms with Crippen LogP contribution in [0.1, 0.15) is 0 Å². The van der Waals surface area contributed by atoms with Crippen LogP contribution in [0.15, 0.2) is 150 Å². The predicted octanol–water partition coefficient (Wildman–Crippen LogP) is 10.7. The molecule has 0 aliphatic carbocycles. The maximum absolute atomic E-state index is 6.20. The summed E-state index contributed by atoms with van der Waals surface area (Å²) in [5.74, 6) is 1.77. The van der Waals surface area contributed by atoms with Gasteiger partial charge in [-0.15, -0.1) is 11.3 Å². The van der Waals surface area contributed by atoms with Crippen LogP contribution in [0.25, 0.3) is 88.0 Å². The average molecular weight is 609 g/mol. The van der Waals surface area contributed by atoms with E-state index < -0.39 is 0 Å². The lowest BCUT2D eigenvalue weighted by atomic mass is 10.0. The molecule has 3 aromatic heterocycles. The first-order chi connectivity index (χ1) is 22.8. The monoisotopic (exact) mass is 608 g/mol. The summed E-state index contributed by atoms with van der Waals surface area (Å²) >= 11 is 1.67. The van der Waals surface area contributed by atoms with Gasteiger partial charge in [0, 0.05) is 33.0 Å². The molecule has 0 N–H and O–H groups in total. The van der Waals surface area contributed by atoms with Crippen LogP contribution in [0.4, 0.5) is 0 Å². The number of hydrogen-bond donors (Lipinski definition) is 0. The Labute approximate surface area is 268 Å². The number of para-hydroxylation sites is 2. The van der Waals surface area contributed by atoms with Crippen molar-refractivity contribution in [3.63, 3.8) is 0 Å². The van der Waals surface area contributed by atoms with Crippen LogP contribution < -0.4 is 0 Å². The first kappa shape index (κ1) is 26.4. The molecule has 0 aliphatic heterocycles. The second-order valence-electron chi connectivity index (χ2n) is 11.1. The fourth-order valence-electron chi connectivity index (χ4n) is 6.01. The number of furan rings is 1. The van der Waals surface area contributed by atoms with Crippen molar-refractivity contribution in [2.45, 2.75) is 0 Å². The summed E-state index contributed by atoms with van der Waals surface area (Å²) in [6.07, 6.45) is 0. The number of thiazole rings is 1. The highest BCUT2D eigenvalue weighted by Crippen LogP contribution is 2.39. The van der Waals surface area contributed by atoms with Crippen LogP contribution in [0.3, 0.4) is 0 Å². The van der Waals surface area contributed by atoms with Gasteiger partial charge in [-0.2, -0.15) is 0 Å². The summed E-state index contributed by atoms with van der Waals surface area (Å²) in [5, 5.41) is 2.97. The van der Waals surface area contributed by atoms with Crippen molar-refractivity contribution >= 4 is 43.5 Å². The zero-order valence-corrected chi connectivity index (χ0v) is 25.3. The van der Waals surface area contributed by atoms with Crippen molar-refractivity contribution in [2.24, 2.45) is 0 Å². The molecule has 216 valence electrons. The molecule has 0 aliphatic rings. The predicted molar refractivity (Wildman–Crippen MR) is 187 cm³/mol. The van der Waals surface area contributed by atoms with E-state index in [1.807, 2.05) is 72.8 Å². The van der Waals surface area contributed by atoms with Crippen molar-refractivity contribution in [3.8, 4) is 55.9 Å². The molecule has 0 unspecified atom stereocenters. The zero-order chi connectivity index (χ0) is 30.5. The summed E-state index contributed by atoms with van der Waals surface area (Å²) in [4.78, 5) is 20.4. The molecule has 0 spiro atoms. The van der Waals surface area contributed by atoms with Gasteiger partial charge in [0.05, 0.1) is 10.2 Å². The molecular weight excluding hydrogens is 585 g/mol. The van der Waals surface area contributed by atoms with Gasteiger partial charge in [0.2, 0.25) is 0 Å². The Hall–Kier alpha value is -5.98. The Bertz CT molecular complexity index is 2540. The van der Waals surface area contributed by atoms with Crippen LogP contribution in [0.5, 0.6) is 0 Å². The Morgan fingerprint density at radius 3 is 1.89 bits per heavy atom. The Morgan fingerprint density at radius 1 is 0.435 bits per heavy atom. The average Bonchev–Trinajstić information content (AvgIpc) is 3.74. The fraction of sp³-hybridized carbons (Fsp3) is 0. The summed E-state index contributed by atoms with van der Waals surface area (Å²) in [6.45, 7) is 0. The lowest BCUT2D eigenvalue weighted by Gasteiger charge is -2.09. The molecule has 5 nitrogen and oxygen atoms in total. The van der Waals surface area contributed by atoms with E-state index in [2.05, 4.69) is 72.8 Å². The largest absolute Gasteiger partial charge is 0.456 e. The smallest absolute Gasteiger partial charge is 0.166 e. The van der Waals surface area contributed by atoms with E-state index in [1.54, 1.807) is 11.3 Å². The third-order valence-corrected chi connectivity index (χ3v) is 9.26. The minimum absolute atomic E-state index is 0.578. The Morgan fingerprint density at radius 2 is 1.04 bits per heavy atom. The second kappa shape index (κ2) is 10.9. The molecule has 0 saturated carbocycles. The highest BCUT2D eigenvalue weighted by atomic mass is 32.1. The minimum atomic E-state index is 0.578. The summed E-state index contributed by atoms with van der Waals surface area (Å²) in [6, 6.07) is 49.4. The van der Waals surface area contributed by atoms with E-state index >= 15 is 0 Å². The quantitative estimate of drug-likeness (QED) is 0.194. The van der Waals surface area contributed by atoms with E-state index in [0.29, 0.717) is 17.5 Å². The first-order valence-electron chi connectivity index (χ1n) is 15.1. The molecule has 6 heteroatoms. The fourth-order valence-corrected chi connectivity index (χ4v) is 7.00. The van der Waals surface area contributed by atoms with E-state index in [0.717, 1.165) is 65.0 Å². The third-order valence-electron chi connectivity index (χ3n) is 8.19. The van der Waals surface area contributed by atoms with Gasteiger partial charge < -0.3 is 4.42 Å². The molecule has 0 bridgehead atoms. The lowest BCUT2D eigenvalue weighted by molar-refractivity contribution is 0.669. The van der Waals surface area contributed by atoms with Gasteiger partial charge in [0.25, 0.3) is 0 Å². The Kier molecular flexibility index (Phi) is 6.25. The zero-order valence-electron chi connectivity index (χ0n) is 24.5. The van der Waals surface area contributed by atoms with Gasteiger partial charge in [-0.25, -0.2) is 19.9 Å². The maximum atomic E-state index is 6.20. The topological polar surface area (TPSA) is 64.7 Å². The van der Waals surface area contributed by atoms with Crippen LogP contribution >= 0.6 is 11.3 Å². The van der Waals surface area contributed by atoms with Gasteiger partial charge >= 0.3 is 0 Å². The van der Waals surface area contributed by atoms with Crippen LogP contribution in [-0.4, -0.2) is 19.9 Å². The highest BCUT2D eigenvalue weighted by Gasteiger charge is 2.20. The maximum Gasteiger partial charge on any atom is 0.166 e. The molecule has 9 aromatic rings. The molecule has 0 atom stereocenters. The van der Waals surface area contributed by atoms with Gasteiger partial charge in [-0.1, -0.05) is 115 Å². The molecule has 46 heavy (non-hydrogen) atoms. The van der Waals surface area contributed by atoms with Crippen LogP contribution in [-0.2, 0) is 0 Å². The van der Waals surface area contributed by atoms with E-state index in [4.69, 9.17) is 24.4 Å². The summed E-state index contributed by atoms with van der Waals surface area (Å²) in [7, 11) is 0. The number of rotatable bonds is 5. The molecule has 0 amide bonds. The van der Waals surface area contributed by atoms with Crippen molar-refractivity contribution in [3.05, 3.63) is 146 Å². The van der Waals surface area contributed by atoms with E-state index in [-0.39, 0.29) is 0 Å². The Balaban J connectivity index is 1.24. The van der Waals surface area contributed by atoms with E-state index in [1.165, 1.54) is 5.56 Å². The normalized spacial score (nSPS) is 11.5. The highest BCUT2D eigenvalue weighted by molar-refractivity contribution is 7.21. The van der Waals surface area contributed by atoms with Crippen molar-refractivity contribution in [2.75, 3.05) is 0 Å². The standard InChI is InChI=1S/C40H24N4OS/c1-3-12-25(13-4-1)27-16-9-17-28(24-27)40-41-36-31(20-11-23-34(36)46-40)39-43-37(26-14-5-2-6-15-26)42-38(44-39)30-19-10-22-33-35(30)29-18-7-8-21-32(29)45-33/h1-24H. The second-order valence-corrected chi connectivity index (χ2v) is 12.1. The van der Waals surface area contributed by atoms with Crippen molar-refractivity contribution < 1.29 is 4.42 Å². The van der Waals surface area contributed by atoms with Gasteiger partial charge in [-0.3, -0.25) is 0 Å². The molecule has 0 radical (unpaired) electrons. The first-order valence-corrected chi connectivity index (χ1v) is 15.9. The number of nitrogens with zero attached hydrogens (tertiary/aromatic N) is 4. The van der Waals surface area contributed by atoms with Gasteiger partial charge in [0.1, 0.15) is 16.2 Å². The number of aromatic nitrogens is 4. The molecule has 3 heterocycles. The molecule has 0 saturated heterocycles. The summed E-state index contributed by atoms with van der Waals surface area (Å²) in [5.41, 5.74) is 8.59. The minimum Gasteiger partial charge on any atom is -0.456 e. The molecule has 9 rings (SSSR count). The van der Waals surface area contributed by atoms with Crippen LogP contribution in [0, 0.1) is 0 Å². The molecule has 6 aromatic carbocycles. The van der Waals surface area contributed by atoms with Crippen LogP contribution in [0.2, 0.25) is 0 Å². The SMILES string of the molecule is c1ccc(-c2cccc(-c3nc4c(-c5nc(-c6ccccc6)nc(-c6cccc7oc8ccccc8c67)n5)cccc4s3)c2)cc1. The van der Waals surface area contributed by atoms with E-state index in [9.17, 15) is 0 Å². The van der Waals surface area contributed by atoms with Gasteiger partial charge in [0.15, 0.2) is 17.5 Å². The summed E-state index contributed by atoms with van der Waals surface area (Å²) < 4.78 is 7.28. The molecule has 0 fully saturated rings. The number of hydrogen-bond acceptors (Lipinski definition) is 6. The van der Waals surface area contributed by atoms with Crippen molar-refractivity contribution in [1.82, 2.24) is 19.9 Å². The molecular formula is C40H24N4OS.